The molecule has 9 nitrogen and oxygen atoms in total. The molecule has 1 saturated carbocycles. The van der Waals surface area contributed by atoms with E-state index in [1.807, 2.05) is 13.1 Å². The van der Waals surface area contributed by atoms with Crippen LogP contribution >= 0.6 is 0 Å². The number of primary amides is 1. The molecule has 3 aromatic rings. The fourth-order valence-electron chi connectivity index (χ4n) is 3.70. The van der Waals surface area contributed by atoms with Gasteiger partial charge in [-0.1, -0.05) is 12.8 Å². The summed E-state index contributed by atoms with van der Waals surface area (Å²) in [7, 11) is 0. The molecule has 3 aromatic heterocycles. The van der Waals surface area contributed by atoms with Crippen molar-refractivity contribution in [2.75, 3.05) is 10.6 Å². The maximum atomic E-state index is 14.7. The van der Waals surface area contributed by atoms with Crippen LogP contribution in [0.15, 0.2) is 36.9 Å². The molecular formula is C21H25FN8O. The van der Waals surface area contributed by atoms with Crippen LogP contribution < -0.4 is 22.1 Å². The van der Waals surface area contributed by atoms with Crippen molar-refractivity contribution in [1.82, 2.24) is 19.7 Å². The summed E-state index contributed by atoms with van der Waals surface area (Å²) in [5.41, 5.74) is 13.8. The monoisotopic (exact) mass is 424 g/mol. The van der Waals surface area contributed by atoms with Crippen molar-refractivity contribution in [1.29, 1.82) is 0 Å². The molecule has 10 heteroatoms. The number of nitrogens with two attached hydrogens (primary N) is 2. The third-order valence-corrected chi connectivity index (χ3v) is 5.35. The number of nitrogens with one attached hydrogen (secondary N) is 2. The molecule has 31 heavy (non-hydrogen) atoms. The standard InChI is InChI=1S/C21H25FN8O/c1-12-8-26-30(11-12)14-6-13(9-25-10-14)27-20-15(19(24)31)7-16(22)21(29-20)28-18-5-3-2-4-17(18)23/h6-11,17-18H,2-5,23H2,1H3,(H2,24,31)(H2,27,28,29)/t17-,18+/m0/s1. The van der Waals surface area contributed by atoms with Crippen molar-refractivity contribution in [3.63, 3.8) is 0 Å². The largest absolute Gasteiger partial charge is 0.365 e. The Balaban J connectivity index is 1.64. The molecule has 0 spiro atoms. The number of rotatable bonds is 6. The Bertz CT molecular complexity index is 1100. The van der Waals surface area contributed by atoms with E-state index in [0.717, 1.165) is 37.3 Å². The van der Waals surface area contributed by atoms with Crippen molar-refractivity contribution < 1.29 is 9.18 Å². The van der Waals surface area contributed by atoms with E-state index in [1.165, 1.54) is 0 Å². The Morgan fingerprint density at radius 3 is 2.71 bits per heavy atom. The lowest BCUT2D eigenvalue weighted by molar-refractivity contribution is 0.100. The average Bonchev–Trinajstić information content (AvgIpc) is 3.18. The van der Waals surface area contributed by atoms with Crippen molar-refractivity contribution in [2.45, 2.75) is 44.7 Å². The minimum Gasteiger partial charge on any atom is -0.365 e. The fourth-order valence-corrected chi connectivity index (χ4v) is 3.70. The second kappa shape index (κ2) is 8.68. The predicted octanol–water partition coefficient (Wildman–Crippen LogP) is 2.63. The number of halogens is 1. The highest BCUT2D eigenvalue weighted by atomic mass is 19.1. The lowest BCUT2D eigenvalue weighted by atomic mass is 9.91. The van der Waals surface area contributed by atoms with E-state index in [4.69, 9.17) is 11.5 Å². The molecule has 0 radical (unpaired) electrons. The molecule has 6 N–H and O–H groups in total. The molecule has 1 amide bonds. The number of carbonyl (C=O) groups excluding carboxylic acids is 1. The molecule has 1 aliphatic rings. The van der Waals surface area contributed by atoms with Gasteiger partial charge in [-0.15, -0.1) is 0 Å². The first kappa shape index (κ1) is 20.7. The molecule has 0 saturated heterocycles. The first-order chi connectivity index (χ1) is 14.9. The van der Waals surface area contributed by atoms with Gasteiger partial charge in [0.25, 0.3) is 5.91 Å². The quantitative estimate of drug-likeness (QED) is 0.477. The Labute approximate surface area is 179 Å². The summed E-state index contributed by atoms with van der Waals surface area (Å²) in [4.78, 5) is 20.4. The van der Waals surface area contributed by atoms with Crippen molar-refractivity contribution in [3.8, 4) is 5.69 Å². The number of pyridine rings is 2. The van der Waals surface area contributed by atoms with Crippen LogP contribution in [0.5, 0.6) is 0 Å². The molecule has 1 aliphatic carbocycles. The lowest BCUT2D eigenvalue weighted by Crippen LogP contribution is -2.43. The Hall–Kier alpha value is -3.53. The van der Waals surface area contributed by atoms with Gasteiger partial charge in [-0.25, -0.2) is 14.1 Å². The molecular weight excluding hydrogens is 399 g/mol. The number of aryl methyl sites for hydroxylation is 1. The normalized spacial score (nSPS) is 18.5. The smallest absolute Gasteiger partial charge is 0.252 e. The number of carbonyl (C=O) groups is 1. The number of nitrogens with zero attached hydrogens (tertiary/aromatic N) is 4. The lowest BCUT2D eigenvalue weighted by Gasteiger charge is -2.30. The summed E-state index contributed by atoms with van der Waals surface area (Å²) in [6, 6.07) is 2.71. The second-order valence-electron chi connectivity index (χ2n) is 7.80. The van der Waals surface area contributed by atoms with Crippen LogP contribution in [0.1, 0.15) is 41.6 Å². The van der Waals surface area contributed by atoms with Crippen LogP contribution in [0, 0.1) is 12.7 Å². The average molecular weight is 424 g/mol. The number of hydrogen-bond donors (Lipinski definition) is 4. The molecule has 0 bridgehead atoms. The Kier molecular flexibility index (Phi) is 5.81. The molecule has 0 aromatic carbocycles. The zero-order chi connectivity index (χ0) is 22.0. The molecule has 0 aliphatic heterocycles. The molecule has 4 rings (SSSR count). The van der Waals surface area contributed by atoms with Crippen LogP contribution in [0.2, 0.25) is 0 Å². The molecule has 162 valence electrons. The van der Waals surface area contributed by atoms with Crippen LogP contribution in [-0.2, 0) is 0 Å². The van der Waals surface area contributed by atoms with Crippen molar-refractivity contribution in [3.05, 3.63) is 53.9 Å². The Morgan fingerprint density at radius 1 is 1.19 bits per heavy atom. The fraction of sp³-hybridized carbons (Fsp3) is 0.333. The van der Waals surface area contributed by atoms with E-state index in [9.17, 15) is 9.18 Å². The zero-order valence-electron chi connectivity index (χ0n) is 17.2. The highest BCUT2D eigenvalue weighted by Gasteiger charge is 2.24. The highest BCUT2D eigenvalue weighted by molar-refractivity contribution is 5.98. The van der Waals surface area contributed by atoms with Gasteiger partial charge in [0, 0.05) is 18.3 Å². The van der Waals surface area contributed by atoms with E-state index in [-0.39, 0.29) is 29.3 Å². The van der Waals surface area contributed by atoms with Gasteiger partial charge in [-0.2, -0.15) is 5.10 Å². The minimum atomic E-state index is -0.790. The van der Waals surface area contributed by atoms with Crippen LogP contribution in [0.4, 0.5) is 21.7 Å². The van der Waals surface area contributed by atoms with Gasteiger partial charge in [-0.3, -0.25) is 9.78 Å². The summed E-state index contributed by atoms with van der Waals surface area (Å²) in [6.07, 6.45) is 10.6. The van der Waals surface area contributed by atoms with E-state index in [2.05, 4.69) is 25.7 Å². The topological polar surface area (TPSA) is 137 Å². The van der Waals surface area contributed by atoms with Gasteiger partial charge in [-0.05, 0) is 37.5 Å². The minimum absolute atomic E-state index is 0.0293. The first-order valence-corrected chi connectivity index (χ1v) is 10.2. The highest BCUT2D eigenvalue weighted by Crippen LogP contribution is 2.27. The predicted molar refractivity (Wildman–Crippen MR) is 116 cm³/mol. The van der Waals surface area contributed by atoms with Gasteiger partial charge < -0.3 is 22.1 Å². The van der Waals surface area contributed by atoms with Gasteiger partial charge >= 0.3 is 0 Å². The summed E-state index contributed by atoms with van der Waals surface area (Å²) >= 11 is 0. The number of hydrogen-bond acceptors (Lipinski definition) is 7. The SMILES string of the molecule is Cc1cnn(-c2cncc(Nc3nc(N[C@@H]4CCCC[C@@H]4N)c(F)cc3C(N)=O)c2)c1. The summed E-state index contributed by atoms with van der Waals surface area (Å²) in [5.74, 6) is -1.28. The maximum absolute atomic E-state index is 14.7. The zero-order valence-corrected chi connectivity index (χ0v) is 17.2. The number of aromatic nitrogens is 4. The number of anilines is 3. The van der Waals surface area contributed by atoms with Gasteiger partial charge in [0.05, 0.1) is 35.5 Å². The molecule has 3 heterocycles. The third-order valence-electron chi connectivity index (χ3n) is 5.35. The van der Waals surface area contributed by atoms with E-state index in [0.29, 0.717) is 11.4 Å². The van der Waals surface area contributed by atoms with Gasteiger partial charge in [0.2, 0.25) is 0 Å². The summed E-state index contributed by atoms with van der Waals surface area (Å²) in [5, 5.41) is 10.4. The van der Waals surface area contributed by atoms with Gasteiger partial charge in [0.1, 0.15) is 5.82 Å². The van der Waals surface area contributed by atoms with E-state index < -0.39 is 11.7 Å². The van der Waals surface area contributed by atoms with Crippen LogP contribution in [0.3, 0.4) is 0 Å². The number of amides is 1. The molecule has 2 atom stereocenters. The van der Waals surface area contributed by atoms with E-state index >= 15 is 0 Å². The maximum Gasteiger partial charge on any atom is 0.252 e. The van der Waals surface area contributed by atoms with Crippen LogP contribution in [-0.4, -0.2) is 37.7 Å². The van der Waals surface area contributed by atoms with Crippen molar-refractivity contribution >= 4 is 23.2 Å². The molecule has 0 unspecified atom stereocenters. The summed E-state index contributed by atoms with van der Waals surface area (Å²) < 4.78 is 16.4. The third kappa shape index (κ3) is 4.64. The van der Waals surface area contributed by atoms with Crippen LogP contribution in [0.25, 0.3) is 5.69 Å². The van der Waals surface area contributed by atoms with Gasteiger partial charge in [0.15, 0.2) is 11.6 Å². The second-order valence-corrected chi connectivity index (χ2v) is 7.80. The van der Waals surface area contributed by atoms with E-state index in [1.54, 1.807) is 29.3 Å². The Morgan fingerprint density at radius 2 is 2.00 bits per heavy atom. The van der Waals surface area contributed by atoms with Crippen molar-refractivity contribution in [2.24, 2.45) is 11.5 Å². The summed E-state index contributed by atoms with van der Waals surface area (Å²) in [6.45, 7) is 1.94. The molecule has 1 fully saturated rings. The first-order valence-electron chi connectivity index (χ1n) is 10.2.